The molecule has 0 unspecified atom stereocenters. The number of rotatable bonds is 7. The molecule has 1 aromatic rings. The molecule has 5 nitrogen and oxygen atoms in total. The van der Waals surface area contributed by atoms with E-state index in [0.717, 1.165) is 39.3 Å². The Balaban J connectivity index is 0.00000242. The largest absolute Gasteiger partial charge is 0.383 e. The van der Waals surface area contributed by atoms with E-state index in [9.17, 15) is 4.79 Å². The van der Waals surface area contributed by atoms with Gasteiger partial charge in [-0.05, 0) is 5.56 Å². The molecule has 0 saturated carbocycles. The zero-order chi connectivity index (χ0) is 14.9. The summed E-state index contributed by atoms with van der Waals surface area (Å²) in [5, 5.41) is 3.10. The highest BCUT2D eigenvalue weighted by atomic mass is 35.5. The van der Waals surface area contributed by atoms with Gasteiger partial charge in [0, 0.05) is 46.4 Å². The van der Waals surface area contributed by atoms with Crippen molar-refractivity contribution in [3.8, 4) is 0 Å². The van der Waals surface area contributed by atoms with Crippen LogP contribution in [0, 0.1) is 0 Å². The first-order valence-electron chi connectivity index (χ1n) is 7.53. The monoisotopic (exact) mass is 363 g/mol. The van der Waals surface area contributed by atoms with Crippen LogP contribution in [0.15, 0.2) is 30.3 Å². The van der Waals surface area contributed by atoms with Gasteiger partial charge in [0.1, 0.15) is 0 Å². The lowest BCUT2D eigenvalue weighted by Crippen LogP contribution is -2.50. The van der Waals surface area contributed by atoms with Gasteiger partial charge in [0.05, 0.1) is 13.2 Å². The Hall–Kier alpha value is -0.850. The molecule has 1 saturated heterocycles. The number of carbonyl (C=O) groups is 1. The summed E-state index contributed by atoms with van der Waals surface area (Å²) >= 11 is 0. The van der Waals surface area contributed by atoms with E-state index >= 15 is 0 Å². The molecule has 1 amide bonds. The summed E-state index contributed by atoms with van der Waals surface area (Å²) in [5.41, 5.74) is 1.33. The van der Waals surface area contributed by atoms with Gasteiger partial charge in [-0.1, -0.05) is 30.3 Å². The average molecular weight is 364 g/mol. The van der Waals surface area contributed by atoms with Gasteiger partial charge in [-0.15, -0.1) is 24.8 Å². The number of methoxy groups -OCH3 is 1. The van der Waals surface area contributed by atoms with Crippen LogP contribution in [0.3, 0.4) is 0 Å². The van der Waals surface area contributed by atoms with Crippen LogP contribution in [-0.4, -0.2) is 68.7 Å². The second kappa shape index (κ2) is 12.6. The summed E-state index contributed by atoms with van der Waals surface area (Å²) in [7, 11) is 1.66. The van der Waals surface area contributed by atoms with E-state index in [1.165, 1.54) is 5.56 Å². The molecule has 0 bridgehead atoms. The fourth-order valence-corrected chi connectivity index (χ4v) is 2.48. The standard InChI is InChI=1S/C16H25N3O2.2ClH/c1-21-12-7-17-13-16(20)19-10-8-18(9-11-19)14-15-5-3-2-4-6-15;;/h2-6,17H,7-14H2,1H3;2*1H. The minimum absolute atomic E-state index is 0. The van der Waals surface area contributed by atoms with E-state index in [4.69, 9.17) is 4.74 Å². The van der Waals surface area contributed by atoms with Crippen molar-refractivity contribution >= 4 is 30.7 Å². The normalized spacial score (nSPS) is 14.7. The Bertz CT molecular complexity index is 427. The molecule has 23 heavy (non-hydrogen) atoms. The molecule has 1 fully saturated rings. The van der Waals surface area contributed by atoms with Gasteiger partial charge in [0.15, 0.2) is 0 Å². The second-order valence-corrected chi connectivity index (χ2v) is 5.31. The van der Waals surface area contributed by atoms with Gasteiger partial charge in [-0.2, -0.15) is 0 Å². The number of benzene rings is 1. The van der Waals surface area contributed by atoms with E-state index in [1.807, 2.05) is 11.0 Å². The lowest BCUT2D eigenvalue weighted by molar-refractivity contribution is -0.132. The molecule has 0 spiro atoms. The SMILES string of the molecule is COCCNCC(=O)N1CCN(Cc2ccccc2)CC1.Cl.Cl. The minimum atomic E-state index is 0. The van der Waals surface area contributed by atoms with Crippen molar-refractivity contribution in [1.29, 1.82) is 0 Å². The third kappa shape index (κ3) is 7.99. The van der Waals surface area contributed by atoms with E-state index in [-0.39, 0.29) is 30.7 Å². The number of amides is 1. The average Bonchev–Trinajstić information content (AvgIpc) is 2.53. The van der Waals surface area contributed by atoms with Gasteiger partial charge < -0.3 is 15.0 Å². The number of carbonyl (C=O) groups excluding carboxylic acids is 1. The summed E-state index contributed by atoms with van der Waals surface area (Å²) < 4.78 is 4.95. The Kier molecular flexibility index (Phi) is 12.1. The summed E-state index contributed by atoms with van der Waals surface area (Å²) in [6.07, 6.45) is 0. The van der Waals surface area contributed by atoms with Gasteiger partial charge >= 0.3 is 0 Å². The first-order chi connectivity index (χ1) is 10.3. The van der Waals surface area contributed by atoms with Crippen molar-refractivity contribution in [3.63, 3.8) is 0 Å². The number of nitrogens with zero attached hydrogens (tertiary/aromatic N) is 2. The number of hydrogen-bond donors (Lipinski definition) is 1. The first kappa shape index (κ1) is 22.1. The van der Waals surface area contributed by atoms with Crippen LogP contribution in [0.5, 0.6) is 0 Å². The fourth-order valence-electron chi connectivity index (χ4n) is 2.48. The highest BCUT2D eigenvalue weighted by Crippen LogP contribution is 2.08. The third-order valence-electron chi connectivity index (χ3n) is 3.73. The fraction of sp³-hybridized carbons (Fsp3) is 0.562. The molecular weight excluding hydrogens is 337 g/mol. The molecular formula is C16H27Cl2N3O2. The van der Waals surface area contributed by atoms with Crippen molar-refractivity contribution < 1.29 is 9.53 Å². The summed E-state index contributed by atoms with van der Waals surface area (Å²) in [4.78, 5) is 16.4. The smallest absolute Gasteiger partial charge is 0.236 e. The molecule has 132 valence electrons. The van der Waals surface area contributed by atoms with E-state index in [1.54, 1.807) is 7.11 Å². The second-order valence-electron chi connectivity index (χ2n) is 5.31. The zero-order valence-electron chi connectivity index (χ0n) is 13.6. The van der Waals surface area contributed by atoms with E-state index in [0.29, 0.717) is 13.2 Å². The predicted molar refractivity (Wildman–Crippen MR) is 97.5 cm³/mol. The molecule has 2 rings (SSSR count). The highest BCUT2D eigenvalue weighted by Gasteiger charge is 2.20. The van der Waals surface area contributed by atoms with Crippen molar-refractivity contribution in [3.05, 3.63) is 35.9 Å². The number of hydrogen-bond acceptors (Lipinski definition) is 4. The van der Waals surface area contributed by atoms with Gasteiger partial charge in [0.25, 0.3) is 0 Å². The summed E-state index contributed by atoms with van der Waals surface area (Å²) in [5.74, 6) is 0.186. The van der Waals surface area contributed by atoms with Crippen molar-refractivity contribution in [2.24, 2.45) is 0 Å². The molecule has 0 atom stereocenters. The quantitative estimate of drug-likeness (QED) is 0.744. The number of halogens is 2. The van der Waals surface area contributed by atoms with Crippen LogP contribution < -0.4 is 5.32 Å². The molecule has 1 aliphatic rings. The van der Waals surface area contributed by atoms with Gasteiger partial charge in [-0.3, -0.25) is 9.69 Å². The van der Waals surface area contributed by atoms with Crippen molar-refractivity contribution in [1.82, 2.24) is 15.1 Å². The molecule has 0 aromatic heterocycles. The van der Waals surface area contributed by atoms with Gasteiger partial charge in [-0.25, -0.2) is 0 Å². The highest BCUT2D eigenvalue weighted by molar-refractivity contribution is 5.85. The van der Waals surface area contributed by atoms with Crippen LogP contribution in [-0.2, 0) is 16.1 Å². The van der Waals surface area contributed by atoms with Gasteiger partial charge in [0.2, 0.25) is 5.91 Å². The van der Waals surface area contributed by atoms with E-state index < -0.39 is 0 Å². The molecule has 7 heteroatoms. The van der Waals surface area contributed by atoms with Crippen molar-refractivity contribution in [2.75, 3.05) is 53.0 Å². The first-order valence-corrected chi connectivity index (χ1v) is 7.53. The van der Waals surface area contributed by atoms with E-state index in [2.05, 4.69) is 34.5 Å². The molecule has 1 aliphatic heterocycles. The Labute approximate surface area is 151 Å². The molecule has 1 heterocycles. The van der Waals surface area contributed by atoms with Crippen molar-refractivity contribution in [2.45, 2.75) is 6.54 Å². The molecule has 0 aliphatic carbocycles. The number of piperazine rings is 1. The predicted octanol–water partition coefficient (Wildman–Crippen LogP) is 1.41. The summed E-state index contributed by atoms with van der Waals surface area (Å²) in [6, 6.07) is 10.5. The van der Waals surface area contributed by atoms with Crippen LogP contribution in [0.2, 0.25) is 0 Å². The Morgan fingerprint density at radius 1 is 1.13 bits per heavy atom. The molecule has 0 radical (unpaired) electrons. The maximum absolute atomic E-state index is 12.0. The maximum Gasteiger partial charge on any atom is 0.236 e. The van der Waals surface area contributed by atoms with Crippen LogP contribution in [0.1, 0.15) is 5.56 Å². The maximum atomic E-state index is 12.0. The minimum Gasteiger partial charge on any atom is -0.383 e. The molecule has 1 N–H and O–H groups in total. The lowest BCUT2D eigenvalue weighted by atomic mass is 10.2. The topological polar surface area (TPSA) is 44.8 Å². The number of nitrogens with one attached hydrogen (secondary N) is 1. The molecule has 1 aromatic carbocycles. The van der Waals surface area contributed by atoms with Crippen LogP contribution >= 0.6 is 24.8 Å². The van der Waals surface area contributed by atoms with Crippen LogP contribution in [0.25, 0.3) is 0 Å². The van der Waals surface area contributed by atoms with Crippen LogP contribution in [0.4, 0.5) is 0 Å². The summed E-state index contributed by atoms with van der Waals surface area (Å²) in [6.45, 7) is 6.25. The Morgan fingerprint density at radius 3 is 2.39 bits per heavy atom. The number of ether oxygens (including phenoxy) is 1. The third-order valence-corrected chi connectivity index (χ3v) is 3.73. The lowest BCUT2D eigenvalue weighted by Gasteiger charge is -2.34. The zero-order valence-corrected chi connectivity index (χ0v) is 15.2. The Morgan fingerprint density at radius 2 is 1.78 bits per heavy atom.